The zero-order valence-corrected chi connectivity index (χ0v) is 17.3. The molecular formula is C21H17ClFN3O5. The maximum absolute atomic E-state index is 13.1. The average Bonchev–Trinajstić information content (AvgIpc) is 3.06. The van der Waals surface area contributed by atoms with Crippen LogP contribution in [0, 0.1) is 12.7 Å². The van der Waals surface area contributed by atoms with E-state index in [1.54, 1.807) is 18.2 Å². The highest BCUT2D eigenvalue weighted by atomic mass is 35.5. The van der Waals surface area contributed by atoms with Crippen molar-refractivity contribution < 1.29 is 28.2 Å². The van der Waals surface area contributed by atoms with Gasteiger partial charge in [0.2, 0.25) is 0 Å². The minimum absolute atomic E-state index is 0.0464. The number of halogens is 2. The third kappa shape index (κ3) is 4.89. The molecule has 0 aliphatic carbocycles. The van der Waals surface area contributed by atoms with Crippen LogP contribution < -0.4 is 10.1 Å². The van der Waals surface area contributed by atoms with Crippen molar-refractivity contribution in [3.63, 3.8) is 0 Å². The minimum atomic E-state index is -0.893. The van der Waals surface area contributed by atoms with E-state index in [0.717, 1.165) is 0 Å². The van der Waals surface area contributed by atoms with E-state index >= 15 is 0 Å². The molecule has 0 spiro atoms. The number of methoxy groups -OCH3 is 1. The number of carbonyl (C=O) groups is 3. The van der Waals surface area contributed by atoms with E-state index in [2.05, 4.69) is 10.4 Å². The molecule has 0 atom stereocenters. The lowest BCUT2D eigenvalue weighted by Gasteiger charge is -2.09. The number of nitrogens with zero attached hydrogens (tertiary/aromatic N) is 2. The topological polar surface area (TPSA) is 99.5 Å². The summed E-state index contributed by atoms with van der Waals surface area (Å²) in [5.74, 6) is -2.56. The Hall–Kier alpha value is -3.72. The van der Waals surface area contributed by atoms with E-state index < -0.39 is 30.2 Å². The van der Waals surface area contributed by atoms with Gasteiger partial charge in [0.1, 0.15) is 22.3 Å². The molecule has 1 heterocycles. The Labute approximate surface area is 181 Å². The minimum Gasteiger partial charge on any atom is -0.496 e. The van der Waals surface area contributed by atoms with Gasteiger partial charge < -0.3 is 9.47 Å². The van der Waals surface area contributed by atoms with Crippen LogP contribution in [0.1, 0.15) is 26.4 Å². The van der Waals surface area contributed by atoms with Crippen LogP contribution in [-0.2, 0) is 9.53 Å². The Kier molecular flexibility index (Phi) is 6.66. The van der Waals surface area contributed by atoms with Gasteiger partial charge in [-0.25, -0.2) is 13.9 Å². The Morgan fingerprint density at radius 3 is 2.48 bits per heavy atom. The van der Waals surface area contributed by atoms with Crippen LogP contribution in [0.15, 0.2) is 48.5 Å². The predicted molar refractivity (Wildman–Crippen MR) is 109 cm³/mol. The van der Waals surface area contributed by atoms with E-state index in [-0.39, 0.29) is 22.0 Å². The number of ether oxygens (including phenoxy) is 2. The normalized spacial score (nSPS) is 10.5. The molecule has 0 bridgehead atoms. The summed E-state index contributed by atoms with van der Waals surface area (Å²) in [4.78, 5) is 36.7. The molecule has 160 valence electrons. The maximum Gasteiger partial charge on any atom is 0.343 e. The van der Waals surface area contributed by atoms with Crippen molar-refractivity contribution >= 4 is 29.4 Å². The molecular weight excluding hydrogens is 429 g/mol. The number of imide groups is 1. The molecule has 0 aliphatic heterocycles. The highest BCUT2D eigenvalue weighted by molar-refractivity contribution is 6.33. The Balaban J connectivity index is 1.66. The highest BCUT2D eigenvalue weighted by Crippen LogP contribution is 2.24. The van der Waals surface area contributed by atoms with Crippen molar-refractivity contribution in [2.75, 3.05) is 13.7 Å². The van der Waals surface area contributed by atoms with Gasteiger partial charge in [-0.3, -0.25) is 14.9 Å². The van der Waals surface area contributed by atoms with E-state index in [4.69, 9.17) is 21.1 Å². The molecule has 31 heavy (non-hydrogen) atoms. The second kappa shape index (κ2) is 9.40. The van der Waals surface area contributed by atoms with Crippen LogP contribution in [0.25, 0.3) is 5.69 Å². The number of aromatic nitrogens is 2. The molecule has 2 aromatic carbocycles. The van der Waals surface area contributed by atoms with Gasteiger partial charge in [-0.1, -0.05) is 23.7 Å². The number of para-hydroxylation sites is 1. The van der Waals surface area contributed by atoms with Crippen molar-refractivity contribution in [2.45, 2.75) is 6.92 Å². The van der Waals surface area contributed by atoms with Crippen LogP contribution in [0.4, 0.5) is 4.39 Å². The second-order valence-electron chi connectivity index (χ2n) is 6.29. The van der Waals surface area contributed by atoms with Crippen molar-refractivity contribution in [3.05, 3.63) is 76.3 Å². The number of nitrogens with one attached hydrogen (secondary N) is 1. The zero-order valence-electron chi connectivity index (χ0n) is 16.5. The molecule has 3 rings (SSSR count). The first-order chi connectivity index (χ1) is 14.8. The van der Waals surface area contributed by atoms with Gasteiger partial charge in [-0.15, -0.1) is 0 Å². The number of hydrogen-bond acceptors (Lipinski definition) is 6. The van der Waals surface area contributed by atoms with Crippen molar-refractivity contribution in [1.29, 1.82) is 0 Å². The number of aryl methyl sites for hydroxylation is 1. The third-order valence-electron chi connectivity index (χ3n) is 4.22. The van der Waals surface area contributed by atoms with Gasteiger partial charge in [0.25, 0.3) is 11.8 Å². The summed E-state index contributed by atoms with van der Waals surface area (Å²) in [5.41, 5.74) is 0.803. The summed E-state index contributed by atoms with van der Waals surface area (Å²) in [5, 5.41) is 6.22. The van der Waals surface area contributed by atoms with E-state index in [0.29, 0.717) is 11.4 Å². The summed E-state index contributed by atoms with van der Waals surface area (Å²) in [7, 11) is 1.40. The largest absolute Gasteiger partial charge is 0.496 e. The lowest BCUT2D eigenvalue weighted by Crippen LogP contribution is -2.34. The molecule has 0 aliphatic rings. The van der Waals surface area contributed by atoms with Crippen LogP contribution in [0.2, 0.25) is 5.15 Å². The smallest absolute Gasteiger partial charge is 0.343 e. The predicted octanol–water partition coefficient (Wildman–Crippen LogP) is 3.10. The standard InChI is InChI=1S/C21H17ClFN3O5/c1-12-18(19(22)26(25-12)14-9-7-13(23)8-10-14)21(29)31-11-17(27)24-20(28)15-5-3-4-6-16(15)30-2/h3-10H,11H2,1-2H3,(H,24,27,28). The van der Waals surface area contributed by atoms with Crippen LogP contribution in [0.5, 0.6) is 5.75 Å². The summed E-state index contributed by atoms with van der Waals surface area (Å²) < 4.78 is 24.4. The summed E-state index contributed by atoms with van der Waals surface area (Å²) in [6.45, 7) is 0.824. The summed E-state index contributed by atoms with van der Waals surface area (Å²) in [6.07, 6.45) is 0. The monoisotopic (exact) mass is 445 g/mol. The van der Waals surface area contributed by atoms with Crippen molar-refractivity contribution in [3.8, 4) is 11.4 Å². The second-order valence-corrected chi connectivity index (χ2v) is 6.65. The molecule has 1 aromatic heterocycles. The highest BCUT2D eigenvalue weighted by Gasteiger charge is 2.24. The number of esters is 1. The number of hydrogen-bond donors (Lipinski definition) is 1. The maximum atomic E-state index is 13.1. The number of carbonyl (C=O) groups excluding carboxylic acids is 3. The molecule has 10 heteroatoms. The first-order valence-electron chi connectivity index (χ1n) is 8.97. The molecule has 3 aromatic rings. The van der Waals surface area contributed by atoms with E-state index in [1.807, 2.05) is 0 Å². The van der Waals surface area contributed by atoms with Gasteiger partial charge in [0.05, 0.1) is 24.1 Å². The molecule has 0 saturated heterocycles. The van der Waals surface area contributed by atoms with E-state index in [9.17, 15) is 18.8 Å². The van der Waals surface area contributed by atoms with Gasteiger partial charge in [0.15, 0.2) is 6.61 Å². The van der Waals surface area contributed by atoms with Crippen molar-refractivity contribution in [1.82, 2.24) is 15.1 Å². The first-order valence-corrected chi connectivity index (χ1v) is 9.35. The van der Waals surface area contributed by atoms with Crippen molar-refractivity contribution in [2.24, 2.45) is 0 Å². The fourth-order valence-electron chi connectivity index (χ4n) is 2.75. The van der Waals surface area contributed by atoms with Gasteiger partial charge in [-0.2, -0.15) is 5.10 Å². The summed E-state index contributed by atoms with van der Waals surface area (Å²) >= 11 is 6.25. The Morgan fingerprint density at radius 1 is 1.13 bits per heavy atom. The van der Waals surface area contributed by atoms with Gasteiger partial charge in [-0.05, 0) is 43.3 Å². The third-order valence-corrected chi connectivity index (χ3v) is 4.57. The SMILES string of the molecule is COc1ccccc1C(=O)NC(=O)COC(=O)c1c(C)nn(-c2ccc(F)cc2)c1Cl. The zero-order chi connectivity index (χ0) is 22.5. The Morgan fingerprint density at radius 2 is 1.81 bits per heavy atom. The molecule has 0 radical (unpaired) electrons. The van der Waals surface area contributed by atoms with Crippen LogP contribution >= 0.6 is 11.6 Å². The molecule has 0 unspecified atom stereocenters. The molecule has 2 amide bonds. The lowest BCUT2D eigenvalue weighted by atomic mass is 10.2. The fraction of sp³-hybridized carbons (Fsp3) is 0.143. The molecule has 1 N–H and O–H groups in total. The van der Waals surface area contributed by atoms with E-state index in [1.165, 1.54) is 49.0 Å². The molecule has 8 nitrogen and oxygen atoms in total. The summed E-state index contributed by atoms with van der Waals surface area (Å²) in [6, 6.07) is 11.7. The Bertz CT molecular complexity index is 1140. The number of rotatable bonds is 6. The fourth-order valence-corrected chi connectivity index (χ4v) is 3.10. The molecule has 0 saturated carbocycles. The van der Waals surface area contributed by atoms with Crippen LogP contribution in [-0.4, -0.2) is 41.3 Å². The number of benzene rings is 2. The quantitative estimate of drug-likeness (QED) is 0.585. The average molecular weight is 446 g/mol. The van der Waals surface area contributed by atoms with Gasteiger partial charge in [0, 0.05) is 0 Å². The van der Waals surface area contributed by atoms with Gasteiger partial charge >= 0.3 is 5.97 Å². The number of amides is 2. The first kappa shape index (κ1) is 22.0. The molecule has 0 fully saturated rings. The van der Waals surface area contributed by atoms with Crippen LogP contribution in [0.3, 0.4) is 0 Å². The lowest BCUT2D eigenvalue weighted by molar-refractivity contribution is -0.123.